The SMILES string of the molecule is CC#CCC(NN)c1cc(Cl)cc(Br)c1. The Morgan fingerprint density at radius 2 is 2.27 bits per heavy atom. The van der Waals surface area contributed by atoms with Crippen LogP contribution in [0, 0.1) is 11.8 Å². The van der Waals surface area contributed by atoms with Crippen molar-refractivity contribution in [3.8, 4) is 11.8 Å². The lowest BCUT2D eigenvalue weighted by Gasteiger charge is -2.14. The van der Waals surface area contributed by atoms with Crippen molar-refractivity contribution < 1.29 is 0 Å². The maximum absolute atomic E-state index is 5.95. The van der Waals surface area contributed by atoms with E-state index in [-0.39, 0.29) is 6.04 Å². The summed E-state index contributed by atoms with van der Waals surface area (Å²) in [6.07, 6.45) is 0.666. The molecule has 0 bridgehead atoms. The molecule has 1 aromatic rings. The van der Waals surface area contributed by atoms with Crippen LogP contribution in [0.25, 0.3) is 0 Å². The lowest BCUT2D eigenvalue weighted by Crippen LogP contribution is -2.27. The molecule has 1 unspecified atom stereocenters. The lowest BCUT2D eigenvalue weighted by atomic mass is 10.1. The van der Waals surface area contributed by atoms with Crippen LogP contribution in [-0.4, -0.2) is 0 Å². The van der Waals surface area contributed by atoms with E-state index >= 15 is 0 Å². The van der Waals surface area contributed by atoms with E-state index in [1.165, 1.54) is 0 Å². The Kier molecular flexibility index (Phi) is 5.13. The van der Waals surface area contributed by atoms with Gasteiger partial charge in [0.2, 0.25) is 0 Å². The highest BCUT2D eigenvalue weighted by Crippen LogP contribution is 2.24. The predicted octanol–water partition coefficient (Wildman–Crippen LogP) is 3.02. The van der Waals surface area contributed by atoms with E-state index in [2.05, 4.69) is 33.2 Å². The van der Waals surface area contributed by atoms with E-state index in [0.717, 1.165) is 10.0 Å². The molecule has 1 atom stereocenters. The van der Waals surface area contributed by atoms with Crippen LogP contribution in [-0.2, 0) is 0 Å². The van der Waals surface area contributed by atoms with E-state index < -0.39 is 0 Å². The van der Waals surface area contributed by atoms with Crippen LogP contribution >= 0.6 is 27.5 Å². The standard InChI is InChI=1S/C11H12BrClN2/c1-2-3-4-11(15-14)8-5-9(12)7-10(13)6-8/h5-7,11,15H,4,14H2,1H3. The van der Waals surface area contributed by atoms with Gasteiger partial charge in [-0.3, -0.25) is 11.3 Å². The first kappa shape index (κ1) is 12.5. The van der Waals surface area contributed by atoms with Gasteiger partial charge in [0.1, 0.15) is 0 Å². The fraction of sp³-hybridized carbons (Fsp3) is 0.273. The summed E-state index contributed by atoms with van der Waals surface area (Å²) in [4.78, 5) is 0. The first-order valence-electron chi connectivity index (χ1n) is 4.49. The molecule has 80 valence electrons. The molecule has 0 heterocycles. The van der Waals surface area contributed by atoms with E-state index in [1.54, 1.807) is 0 Å². The summed E-state index contributed by atoms with van der Waals surface area (Å²) >= 11 is 9.34. The van der Waals surface area contributed by atoms with Gasteiger partial charge in [0.25, 0.3) is 0 Å². The van der Waals surface area contributed by atoms with E-state index in [4.69, 9.17) is 17.4 Å². The largest absolute Gasteiger partial charge is 0.271 e. The fourth-order valence-corrected chi connectivity index (χ4v) is 2.14. The number of hydrogen-bond donors (Lipinski definition) is 2. The number of nitrogens with two attached hydrogens (primary N) is 1. The molecule has 1 rings (SSSR count). The second-order valence-electron chi connectivity index (χ2n) is 3.05. The van der Waals surface area contributed by atoms with Crippen molar-refractivity contribution >= 4 is 27.5 Å². The van der Waals surface area contributed by atoms with Crippen molar-refractivity contribution in [1.29, 1.82) is 0 Å². The molecule has 2 nitrogen and oxygen atoms in total. The maximum atomic E-state index is 5.95. The third-order valence-electron chi connectivity index (χ3n) is 1.97. The molecule has 3 N–H and O–H groups in total. The Balaban J connectivity index is 2.93. The van der Waals surface area contributed by atoms with Crippen molar-refractivity contribution in [2.45, 2.75) is 19.4 Å². The van der Waals surface area contributed by atoms with Crippen LogP contribution in [0.2, 0.25) is 5.02 Å². The molecule has 0 fully saturated rings. The van der Waals surface area contributed by atoms with Gasteiger partial charge in [0.15, 0.2) is 0 Å². The number of halogens is 2. The molecule has 0 amide bonds. The lowest BCUT2D eigenvalue weighted by molar-refractivity contribution is 0.568. The first-order valence-corrected chi connectivity index (χ1v) is 5.66. The van der Waals surface area contributed by atoms with E-state index in [0.29, 0.717) is 11.4 Å². The van der Waals surface area contributed by atoms with Gasteiger partial charge in [-0.05, 0) is 30.7 Å². The summed E-state index contributed by atoms with van der Waals surface area (Å²) in [5.41, 5.74) is 3.75. The van der Waals surface area contributed by atoms with Crippen molar-refractivity contribution in [2.75, 3.05) is 0 Å². The molecule has 0 saturated carbocycles. The monoisotopic (exact) mass is 286 g/mol. The van der Waals surface area contributed by atoms with Crippen molar-refractivity contribution in [2.24, 2.45) is 5.84 Å². The Hall–Kier alpha value is -0.530. The Labute approximate surface area is 103 Å². The Morgan fingerprint density at radius 1 is 1.53 bits per heavy atom. The van der Waals surface area contributed by atoms with Gasteiger partial charge in [-0.25, -0.2) is 0 Å². The molecule has 4 heteroatoms. The second kappa shape index (κ2) is 6.14. The highest BCUT2D eigenvalue weighted by Gasteiger charge is 2.09. The van der Waals surface area contributed by atoms with E-state index in [1.807, 2.05) is 25.1 Å². The Morgan fingerprint density at radius 3 is 2.80 bits per heavy atom. The molecule has 0 aliphatic carbocycles. The zero-order chi connectivity index (χ0) is 11.3. The molecule has 1 aromatic carbocycles. The minimum absolute atomic E-state index is 0.00690. The highest BCUT2D eigenvalue weighted by molar-refractivity contribution is 9.10. The first-order chi connectivity index (χ1) is 7.17. The molecule has 0 aliphatic rings. The average molecular weight is 288 g/mol. The smallest absolute Gasteiger partial charge is 0.0570 e. The highest BCUT2D eigenvalue weighted by atomic mass is 79.9. The Bertz CT molecular complexity index is 375. The van der Waals surface area contributed by atoms with Gasteiger partial charge in [-0.2, -0.15) is 0 Å². The molecule has 15 heavy (non-hydrogen) atoms. The molecule has 0 aliphatic heterocycles. The average Bonchev–Trinajstić information content (AvgIpc) is 2.17. The van der Waals surface area contributed by atoms with Crippen LogP contribution in [0.5, 0.6) is 0 Å². The summed E-state index contributed by atoms with van der Waals surface area (Å²) in [6.45, 7) is 1.81. The molecular formula is C11H12BrClN2. The summed E-state index contributed by atoms with van der Waals surface area (Å²) in [5, 5.41) is 0.684. The van der Waals surface area contributed by atoms with Crippen molar-refractivity contribution in [3.63, 3.8) is 0 Å². The zero-order valence-corrected chi connectivity index (χ0v) is 10.7. The van der Waals surface area contributed by atoms with Gasteiger partial charge in [0.05, 0.1) is 6.04 Å². The summed E-state index contributed by atoms with van der Waals surface area (Å²) in [6, 6.07) is 5.71. The third kappa shape index (κ3) is 3.84. The maximum Gasteiger partial charge on any atom is 0.0570 e. The van der Waals surface area contributed by atoms with Crippen molar-refractivity contribution in [1.82, 2.24) is 5.43 Å². The molecule has 0 radical (unpaired) electrons. The topological polar surface area (TPSA) is 38.0 Å². The summed E-state index contributed by atoms with van der Waals surface area (Å²) in [5.74, 6) is 11.3. The zero-order valence-electron chi connectivity index (χ0n) is 8.35. The molecule has 0 saturated heterocycles. The fourth-order valence-electron chi connectivity index (χ4n) is 1.25. The minimum atomic E-state index is 0.00690. The van der Waals surface area contributed by atoms with Crippen LogP contribution in [0.3, 0.4) is 0 Å². The van der Waals surface area contributed by atoms with Crippen molar-refractivity contribution in [3.05, 3.63) is 33.3 Å². The van der Waals surface area contributed by atoms with Gasteiger partial charge < -0.3 is 0 Å². The third-order valence-corrected chi connectivity index (χ3v) is 2.65. The number of rotatable bonds is 3. The van der Waals surface area contributed by atoms with E-state index in [9.17, 15) is 0 Å². The summed E-state index contributed by atoms with van der Waals surface area (Å²) < 4.78 is 0.940. The molecular weight excluding hydrogens is 275 g/mol. The molecule has 0 aromatic heterocycles. The quantitative estimate of drug-likeness (QED) is 0.509. The number of benzene rings is 1. The normalized spacial score (nSPS) is 11.7. The van der Waals surface area contributed by atoms with Crippen LogP contribution in [0.1, 0.15) is 24.9 Å². The van der Waals surface area contributed by atoms with Gasteiger partial charge >= 0.3 is 0 Å². The van der Waals surface area contributed by atoms with Crippen LogP contribution in [0.15, 0.2) is 22.7 Å². The minimum Gasteiger partial charge on any atom is -0.271 e. The summed E-state index contributed by atoms with van der Waals surface area (Å²) in [7, 11) is 0. The van der Waals surface area contributed by atoms with Crippen LogP contribution in [0.4, 0.5) is 0 Å². The van der Waals surface area contributed by atoms with Gasteiger partial charge in [-0.15, -0.1) is 11.8 Å². The van der Waals surface area contributed by atoms with Gasteiger partial charge in [0, 0.05) is 15.9 Å². The van der Waals surface area contributed by atoms with Crippen LogP contribution < -0.4 is 11.3 Å². The molecule has 0 spiro atoms. The number of hydrogen-bond acceptors (Lipinski definition) is 2. The second-order valence-corrected chi connectivity index (χ2v) is 4.41. The number of hydrazine groups is 1. The van der Waals surface area contributed by atoms with Gasteiger partial charge in [-0.1, -0.05) is 27.5 Å². The predicted molar refractivity (Wildman–Crippen MR) is 67.3 cm³/mol. The number of nitrogens with one attached hydrogen (secondary N) is 1.